The van der Waals surface area contributed by atoms with Crippen molar-refractivity contribution < 1.29 is 33.2 Å². The van der Waals surface area contributed by atoms with Crippen LogP contribution in [0.1, 0.15) is 21.9 Å². The van der Waals surface area contributed by atoms with Crippen molar-refractivity contribution in [3.05, 3.63) is 63.2 Å². The minimum Gasteiger partial charge on any atom is -0.490 e. The van der Waals surface area contributed by atoms with E-state index in [-0.39, 0.29) is 40.8 Å². The molecule has 3 rings (SSSR count). The zero-order valence-electron chi connectivity index (χ0n) is 15.3. The zero-order chi connectivity index (χ0) is 21.1. The van der Waals surface area contributed by atoms with Crippen LogP contribution in [-0.4, -0.2) is 42.0 Å². The number of rotatable bonds is 6. The molecule has 1 aromatic heterocycles. The fourth-order valence-electron chi connectivity index (χ4n) is 2.72. The van der Waals surface area contributed by atoms with Gasteiger partial charge in [0.25, 0.3) is 5.91 Å². The molecule has 1 N–H and O–H groups in total. The number of nitro groups is 1. The van der Waals surface area contributed by atoms with E-state index >= 15 is 0 Å². The van der Waals surface area contributed by atoms with E-state index in [0.717, 1.165) is 4.90 Å². The summed E-state index contributed by atoms with van der Waals surface area (Å²) in [6, 6.07) is 6.31. The second-order valence-electron chi connectivity index (χ2n) is 5.79. The fraction of sp³-hybridized carbons (Fsp3) is 0.167. The molecule has 0 saturated carbocycles. The van der Waals surface area contributed by atoms with Gasteiger partial charge in [-0.2, -0.15) is 0 Å². The molecule has 2 aromatic rings. The molecule has 2 heterocycles. The van der Waals surface area contributed by atoms with Gasteiger partial charge in [0.05, 0.1) is 25.7 Å². The molecule has 0 radical (unpaired) electrons. The number of nitrogens with zero attached hydrogens (tertiary/aromatic N) is 2. The topological polar surface area (TPSA) is 141 Å². The first-order valence-electron chi connectivity index (χ1n) is 8.18. The molecule has 0 spiro atoms. The van der Waals surface area contributed by atoms with Crippen LogP contribution < -0.4 is 10.1 Å². The van der Waals surface area contributed by atoms with Gasteiger partial charge in [-0.15, -0.1) is 0 Å². The number of hydrogen-bond donors (Lipinski definition) is 1. The first-order chi connectivity index (χ1) is 13.8. The summed E-state index contributed by atoms with van der Waals surface area (Å²) in [7, 11) is 2.46. The van der Waals surface area contributed by atoms with Crippen molar-refractivity contribution in [1.82, 2.24) is 10.2 Å². The number of esters is 1. The van der Waals surface area contributed by atoms with Crippen molar-refractivity contribution >= 4 is 29.7 Å². The number of benzene rings is 1. The van der Waals surface area contributed by atoms with E-state index in [1.807, 2.05) is 0 Å². The van der Waals surface area contributed by atoms with Gasteiger partial charge in [-0.3, -0.25) is 19.8 Å². The van der Waals surface area contributed by atoms with Gasteiger partial charge in [-0.1, -0.05) is 12.1 Å². The number of nitro benzene ring substituents is 1. The number of para-hydroxylation sites is 1. The quantitative estimate of drug-likeness (QED) is 0.255. The van der Waals surface area contributed by atoms with Gasteiger partial charge in [0, 0.05) is 11.6 Å². The number of methoxy groups -OCH3 is 2. The molecule has 3 amide bonds. The van der Waals surface area contributed by atoms with Crippen LogP contribution in [0.15, 0.2) is 40.4 Å². The van der Waals surface area contributed by atoms with Gasteiger partial charge in [0.1, 0.15) is 11.5 Å². The molecule has 1 saturated heterocycles. The summed E-state index contributed by atoms with van der Waals surface area (Å²) in [6.45, 7) is -0.217. The predicted octanol–water partition coefficient (Wildman–Crippen LogP) is 2.08. The lowest BCUT2D eigenvalue weighted by atomic mass is 10.1. The normalized spacial score (nSPS) is 14.8. The highest BCUT2D eigenvalue weighted by Crippen LogP contribution is 2.32. The number of furan rings is 1. The first-order valence-corrected chi connectivity index (χ1v) is 8.18. The molecule has 0 atom stereocenters. The van der Waals surface area contributed by atoms with E-state index in [1.165, 1.54) is 50.6 Å². The third-order valence-corrected chi connectivity index (χ3v) is 4.05. The molecule has 1 aromatic carbocycles. The molecule has 0 aliphatic carbocycles. The Morgan fingerprint density at radius 2 is 2.03 bits per heavy atom. The molecule has 1 aliphatic heterocycles. The number of carbonyl (C=O) groups excluding carboxylic acids is 3. The van der Waals surface area contributed by atoms with Gasteiger partial charge >= 0.3 is 17.7 Å². The highest BCUT2D eigenvalue weighted by Gasteiger charge is 2.35. The maximum Gasteiger partial charge on any atom is 0.373 e. The number of carbonyl (C=O) groups is 3. The second-order valence-corrected chi connectivity index (χ2v) is 5.79. The van der Waals surface area contributed by atoms with Crippen molar-refractivity contribution in [3.8, 4) is 5.75 Å². The van der Waals surface area contributed by atoms with Gasteiger partial charge < -0.3 is 19.2 Å². The van der Waals surface area contributed by atoms with E-state index in [1.54, 1.807) is 0 Å². The van der Waals surface area contributed by atoms with Crippen LogP contribution in [0.4, 0.5) is 10.5 Å². The summed E-state index contributed by atoms with van der Waals surface area (Å²) in [4.78, 5) is 47.6. The zero-order valence-corrected chi connectivity index (χ0v) is 15.3. The Labute approximate surface area is 163 Å². The average Bonchev–Trinajstić information content (AvgIpc) is 3.27. The van der Waals surface area contributed by atoms with E-state index in [0.29, 0.717) is 0 Å². The lowest BCUT2D eigenvalue weighted by Crippen LogP contribution is -2.30. The third-order valence-electron chi connectivity index (χ3n) is 4.05. The smallest absolute Gasteiger partial charge is 0.373 e. The Morgan fingerprint density at radius 1 is 1.28 bits per heavy atom. The van der Waals surface area contributed by atoms with Crippen LogP contribution in [0.5, 0.6) is 5.75 Å². The minimum absolute atomic E-state index is 0.0424. The van der Waals surface area contributed by atoms with Crippen LogP contribution in [0.2, 0.25) is 0 Å². The van der Waals surface area contributed by atoms with Gasteiger partial charge in [-0.25, -0.2) is 9.59 Å². The van der Waals surface area contributed by atoms with Gasteiger partial charge in [0.2, 0.25) is 11.5 Å². The van der Waals surface area contributed by atoms with Crippen molar-refractivity contribution in [2.75, 3.05) is 14.2 Å². The molecule has 1 aliphatic rings. The number of hydrogen-bond acceptors (Lipinski definition) is 8. The summed E-state index contributed by atoms with van der Waals surface area (Å²) in [5, 5.41) is 13.5. The van der Waals surface area contributed by atoms with Gasteiger partial charge in [-0.05, 0) is 18.2 Å². The van der Waals surface area contributed by atoms with Crippen LogP contribution in [0.25, 0.3) is 6.08 Å². The summed E-state index contributed by atoms with van der Waals surface area (Å²) >= 11 is 0. The maximum absolute atomic E-state index is 12.6. The Hall–Kier alpha value is -4.15. The maximum atomic E-state index is 12.6. The average molecular weight is 401 g/mol. The van der Waals surface area contributed by atoms with Crippen LogP contribution in [0, 0.1) is 10.1 Å². The van der Waals surface area contributed by atoms with Crippen LogP contribution >= 0.6 is 0 Å². The summed E-state index contributed by atoms with van der Waals surface area (Å²) in [5.74, 6) is -1.26. The molecule has 11 nitrogen and oxygen atoms in total. The van der Waals surface area contributed by atoms with Crippen molar-refractivity contribution in [3.63, 3.8) is 0 Å². The highest BCUT2D eigenvalue weighted by molar-refractivity contribution is 6.14. The lowest BCUT2D eigenvalue weighted by molar-refractivity contribution is -0.385. The fourth-order valence-corrected chi connectivity index (χ4v) is 2.72. The molecule has 150 valence electrons. The number of imide groups is 1. The predicted molar refractivity (Wildman–Crippen MR) is 96.8 cm³/mol. The Kier molecular flexibility index (Phi) is 5.30. The van der Waals surface area contributed by atoms with Crippen molar-refractivity contribution in [2.24, 2.45) is 0 Å². The van der Waals surface area contributed by atoms with E-state index in [4.69, 9.17) is 9.15 Å². The summed E-state index contributed by atoms with van der Waals surface area (Å²) in [6.07, 6.45) is 1.29. The Morgan fingerprint density at radius 3 is 2.69 bits per heavy atom. The Bertz CT molecular complexity index is 1040. The molecular weight excluding hydrogens is 386 g/mol. The number of amides is 3. The molecule has 29 heavy (non-hydrogen) atoms. The molecule has 1 fully saturated rings. The summed E-state index contributed by atoms with van der Waals surface area (Å²) in [5.41, 5.74) is -0.117. The number of urea groups is 1. The third kappa shape index (κ3) is 3.78. The summed E-state index contributed by atoms with van der Waals surface area (Å²) < 4.78 is 14.9. The monoisotopic (exact) mass is 401 g/mol. The highest BCUT2D eigenvalue weighted by atomic mass is 16.6. The van der Waals surface area contributed by atoms with Crippen LogP contribution in [-0.2, 0) is 16.1 Å². The van der Waals surface area contributed by atoms with Crippen LogP contribution in [0.3, 0.4) is 0 Å². The molecule has 11 heteroatoms. The molecular formula is C18H15N3O8. The Balaban J connectivity index is 1.86. The van der Waals surface area contributed by atoms with E-state index < -0.39 is 22.8 Å². The van der Waals surface area contributed by atoms with E-state index in [9.17, 15) is 24.5 Å². The molecule has 0 unspecified atom stereocenters. The second kappa shape index (κ2) is 7.84. The molecule has 0 bridgehead atoms. The first kappa shape index (κ1) is 19.6. The van der Waals surface area contributed by atoms with Crippen molar-refractivity contribution in [2.45, 2.75) is 6.54 Å². The number of ether oxygens (including phenoxy) is 2. The standard InChI is InChI=1S/C18H15N3O8/c1-27-15-10(4-3-5-13(15)21(25)26)8-12-16(22)20(18(24)19-12)9-11-6-7-14(29-11)17(23)28-2/h3-8H,9H2,1-2H3,(H,19,24). The lowest BCUT2D eigenvalue weighted by Gasteiger charge is -2.09. The number of nitrogens with one attached hydrogen (secondary N) is 1. The van der Waals surface area contributed by atoms with Gasteiger partial charge in [0.15, 0.2) is 0 Å². The van der Waals surface area contributed by atoms with Crippen molar-refractivity contribution in [1.29, 1.82) is 0 Å². The SMILES string of the molecule is COC(=O)c1ccc(CN2C(=O)NC(=Cc3cccc([N+](=O)[O-])c3OC)C2=O)o1. The minimum atomic E-state index is -0.707. The van der Waals surface area contributed by atoms with E-state index in [2.05, 4.69) is 10.1 Å². The largest absolute Gasteiger partial charge is 0.490 e.